The number of carbonyl (C=O) groups excluding carboxylic acids is 1. The number of rotatable bonds is 3. The number of nitriles is 1. The molecule has 0 saturated heterocycles. The fourth-order valence-electron chi connectivity index (χ4n) is 2.10. The van der Waals surface area contributed by atoms with Crippen molar-refractivity contribution < 1.29 is 9.18 Å². The summed E-state index contributed by atoms with van der Waals surface area (Å²) in [7, 11) is 1.50. The number of nitrogens with one attached hydrogen (secondary N) is 2. The molecule has 0 aliphatic carbocycles. The lowest BCUT2D eigenvalue weighted by atomic mass is 9.90. The molecule has 0 aliphatic heterocycles. The van der Waals surface area contributed by atoms with Gasteiger partial charge in [0.15, 0.2) is 0 Å². The van der Waals surface area contributed by atoms with Gasteiger partial charge in [0, 0.05) is 12.6 Å². The first-order chi connectivity index (χ1) is 9.33. The van der Waals surface area contributed by atoms with Gasteiger partial charge in [-0.15, -0.1) is 0 Å². The van der Waals surface area contributed by atoms with E-state index >= 15 is 0 Å². The van der Waals surface area contributed by atoms with Gasteiger partial charge >= 0.3 is 6.03 Å². The van der Waals surface area contributed by atoms with Crippen molar-refractivity contribution >= 4 is 11.7 Å². The van der Waals surface area contributed by atoms with Crippen LogP contribution < -0.4 is 10.6 Å². The van der Waals surface area contributed by atoms with Gasteiger partial charge in [-0.2, -0.15) is 5.26 Å². The number of urea groups is 1. The van der Waals surface area contributed by atoms with Crippen LogP contribution in [0.1, 0.15) is 56.2 Å². The third kappa shape index (κ3) is 3.08. The molecule has 0 heterocycles. The molecule has 2 N–H and O–H groups in total. The Morgan fingerprint density at radius 2 is 1.90 bits per heavy atom. The Labute approximate surface area is 119 Å². The Kier molecular flexibility index (Phi) is 5.09. The van der Waals surface area contributed by atoms with Gasteiger partial charge in [-0.1, -0.05) is 27.7 Å². The Morgan fingerprint density at radius 3 is 2.30 bits per heavy atom. The van der Waals surface area contributed by atoms with Gasteiger partial charge in [-0.25, -0.2) is 9.18 Å². The van der Waals surface area contributed by atoms with Gasteiger partial charge in [0.25, 0.3) is 0 Å². The summed E-state index contributed by atoms with van der Waals surface area (Å²) in [6, 6.07) is 2.98. The molecular weight excluding hydrogens is 257 g/mol. The van der Waals surface area contributed by atoms with Crippen LogP contribution in [0.2, 0.25) is 0 Å². The van der Waals surface area contributed by atoms with Gasteiger partial charge in [0.1, 0.15) is 11.9 Å². The SMILES string of the molecule is CNC(=O)Nc1c(C(C)C)cc(C#N)c(F)c1C(C)C. The Morgan fingerprint density at radius 1 is 1.30 bits per heavy atom. The van der Waals surface area contributed by atoms with Crippen molar-refractivity contribution in [2.75, 3.05) is 12.4 Å². The van der Waals surface area contributed by atoms with E-state index in [1.165, 1.54) is 13.1 Å². The second-order valence-electron chi connectivity index (χ2n) is 5.24. The third-order valence-electron chi connectivity index (χ3n) is 3.12. The van der Waals surface area contributed by atoms with Gasteiger partial charge < -0.3 is 10.6 Å². The standard InChI is InChI=1S/C15H20FN3O/c1-8(2)11-6-10(7-17)13(16)12(9(3)4)14(11)19-15(20)18-5/h6,8-9H,1-5H3,(H2,18,19,20). The summed E-state index contributed by atoms with van der Waals surface area (Å²) >= 11 is 0. The van der Waals surface area contributed by atoms with Crippen molar-refractivity contribution in [2.45, 2.75) is 39.5 Å². The van der Waals surface area contributed by atoms with E-state index < -0.39 is 11.8 Å². The van der Waals surface area contributed by atoms with E-state index in [2.05, 4.69) is 10.6 Å². The first-order valence-corrected chi connectivity index (χ1v) is 6.58. The highest BCUT2D eigenvalue weighted by atomic mass is 19.1. The van der Waals surface area contributed by atoms with E-state index in [-0.39, 0.29) is 17.4 Å². The van der Waals surface area contributed by atoms with Crippen LogP contribution in [-0.2, 0) is 0 Å². The average Bonchev–Trinajstić information content (AvgIpc) is 2.37. The summed E-state index contributed by atoms with van der Waals surface area (Å²) in [6.45, 7) is 7.54. The van der Waals surface area contributed by atoms with E-state index in [4.69, 9.17) is 5.26 Å². The van der Waals surface area contributed by atoms with Crippen LogP contribution in [0.25, 0.3) is 0 Å². The number of benzene rings is 1. The molecule has 0 atom stereocenters. The zero-order chi connectivity index (χ0) is 15.4. The maximum atomic E-state index is 14.4. The van der Waals surface area contributed by atoms with Crippen LogP contribution in [0.3, 0.4) is 0 Å². The third-order valence-corrected chi connectivity index (χ3v) is 3.12. The van der Waals surface area contributed by atoms with E-state index in [1.807, 2.05) is 33.8 Å². The molecule has 0 aliphatic rings. The predicted molar refractivity (Wildman–Crippen MR) is 77.4 cm³/mol. The minimum Gasteiger partial charge on any atom is -0.341 e. The van der Waals surface area contributed by atoms with Crippen LogP contribution in [0, 0.1) is 17.1 Å². The summed E-state index contributed by atoms with van der Waals surface area (Å²) in [5, 5.41) is 14.2. The second-order valence-corrected chi connectivity index (χ2v) is 5.24. The first-order valence-electron chi connectivity index (χ1n) is 6.58. The van der Waals surface area contributed by atoms with Gasteiger partial charge in [-0.3, -0.25) is 0 Å². The summed E-state index contributed by atoms with van der Waals surface area (Å²) < 4.78 is 14.4. The summed E-state index contributed by atoms with van der Waals surface area (Å²) in [5.41, 5.74) is 1.61. The zero-order valence-corrected chi connectivity index (χ0v) is 12.5. The quantitative estimate of drug-likeness (QED) is 0.884. The van der Waals surface area contributed by atoms with Crippen LogP contribution in [0.5, 0.6) is 0 Å². The van der Waals surface area contributed by atoms with Crippen molar-refractivity contribution in [3.8, 4) is 6.07 Å². The lowest BCUT2D eigenvalue weighted by Crippen LogP contribution is -2.26. The summed E-state index contributed by atoms with van der Waals surface area (Å²) in [5.74, 6) is -0.640. The molecule has 0 aromatic heterocycles. The number of hydrogen-bond acceptors (Lipinski definition) is 2. The maximum absolute atomic E-state index is 14.4. The molecule has 1 aromatic rings. The second kappa shape index (κ2) is 6.38. The number of nitrogens with zero attached hydrogens (tertiary/aromatic N) is 1. The number of amides is 2. The van der Waals surface area contributed by atoms with E-state index in [0.717, 1.165) is 5.56 Å². The molecule has 0 spiro atoms. The normalized spacial score (nSPS) is 10.6. The molecule has 1 aromatic carbocycles. The molecular formula is C15H20FN3O. The van der Waals surface area contributed by atoms with Crippen molar-refractivity contribution in [3.05, 3.63) is 28.6 Å². The maximum Gasteiger partial charge on any atom is 0.318 e. The van der Waals surface area contributed by atoms with Crippen LogP contribution in [0.15, 0.2) is 6.07 Å². The van der Waals surface area contributed by atoms with E-state index in [0.29, 0.717) is 11.3 Å². The highest BCUT2D eigenvalue weighted by molar-refractivity contribution is 5.91. The topological polar surface area (TPSA) is 64.9 Å². The Hall–Kier alpha value is -2.09. The molecule has 0 unspecified atom stereocenters. The molecule has 108 valence electrons. The molecule has 20 heavy (non-hydrogen) atoms. The monoisotopic (exact) mass is 277 g/mol. The number of hydrogen-bond donors (Lipinski definition) is 2. The van der Waals surface area contributed by atoms with Gasteiger partial charge in [0.2, 0.25) is 0 Å². The van der Waals surface area contributed by atoms with Crippen molar-refractivity contribution in [3.63, 3.8) is 0 Å². The van der Waals surface area contributed by atoms with Crippen LogP contribution in [0.4, 0.5) is 14.9 Å². The molecule has 0 bridgehead atoms. The predicted octanol–water partition coefficient (Wildman–Crippen LogP) is 3.70. The average molecular weight is 277 g/mol. The fourth-order valence-corrected chi connectivity index (χ4v) is 2.10. The Bertz CT molecular complexity index is 559. The largest absolute Gasteiger partial charge is 0.341 e. The summed E-state index contributed by atoms with van der Waals surface area (Å²) in [6.07, 6.45) is 0. The Balaban J connectivity index is 3.62. The molecule has 0 radical (unpaired) electrons. The van der Waals surface area contributed by atoms with Crippen molar-refractivity contribution in [2.24, 2.45) is 0 Å². The van der Waals surface area contributed by atoms with Crippen molar-refractivity contribution in [1.29, 1.82) is 5.26 Å². The van der Waals surface area contributed by atoms with E-state index in [9.17, 15) is 9.18 Å². The minimum atomic E-state index is -0.557. The molecule has 1 rings (SSSR count). The minimum absolute atomic E-state index is 0.0138. The van der Waals surface area contributed by atoms with Crippen LogP contribution in [-0.4, -0.2) is 13.1 Å². The number of carbonyl (C=O) groups is 1. The first kappa shape index (κ1) is 16.0. The number of halogens is 1. The van der Waals surface area contributed by atoms with Gasteiger partial charge in [0.05, 0.1) is 11.3 Å². The molecule has 0 saturated carbocycles. The highest BCUT2D eigenvalue weighted by Gasteiger charge is 2.23. The van der Waals surface area contributed by atoms with Crippen molar-refractivity contribution in [1.82, 2.24) is 5.32 Å². The molecule has 0 fully saturated rings. The zero-order valence-electron chi connectivity index (χ0n) is 12.5. The summed E-state index contributed by atoms with van der Waals surface area (Å²) in [4.78, 5) is 11.6. The number of anilines is 1. The van der Waals surface area contributed by atoms with E-state index in [1.54, 1.807) is 0 Å². The molecule has 5 heteroatoms. The molecule has 2 amide bonds. The lowest BCUT2D eigenvalue weighted by molar-refractivity contribution is 0.254. The molecule has 4 nitrogen and oxygen atoms in total. The lowest BCUT2D eigenvalue weighted by Gasteiger charge is -2.21. The highest BCUT2D eigenvalue weighted by Crippen LogP contribution is 2.36. The smallest absolute Gasteiger partial charge is 0.318 e. The fraction of sp³-hybridized carbons (Fsp3) is 0.467. The van der Waals surface area contributed by atoms with Gasteiger partial charge in [-0.05, 0) is 23.5 Å². The van der Waals surface area contributed by atoms with Crippen LogP contribution >= 0.6 is 0 Å².